The number of nitrogens with one attached hydrogen (secondary N) is 1. The molecule has 1 aromatic heterocycles. The molecule has 0 spiro atoms. The van der Waals surface area contributed by atoms with Crippen LogP contribution in [0.4, 0.5) is 0 Å². The Kier molecular flexibility index (Phi) is 8.00. The van der Waals surface area contributed by atoms with Crippen molar-refractivity contribution >= 4 is 22.6 Å². The van der Waals surface area contributed by atoms with Crippen LogP contribution < -0.4 is 14.8 Å². The number of amides is 1. The van der Waals surface area contributed by atoms with Gasteiger partial charge in [0, 0.05) is 43.1 Å². The molecule has 4 rings (SSSR count). The van der Waals surface area contributed by atoms with E-state index in [0.29, 0.717) is 36.3 Å². The van der Waals surface area contributed by atoms with Gasteiger partial charge >= 0.3 is 0 Å². The number of piperidine rings is 1. The molecule has 0 unspecified atom stereocenters. The van der Waals surface area contributed by atoms with Crippen molar-refractivity contribution in [1.29, 1.82) is 0 Å². The number of hydrogen-bond acceptors (Lipinski definition) is 7. The highest BCUT2D eigenvalue weighted by Gasteiger charge is 2.30. The van der Waals surface area contributed by atoms with E-state index < -0.39 is 0 Å². The first-order valence-corrected chi connectivity index (χ1v) is 12.2. The van der Waals surface area contributed by atoms with E-state index in [2.05, 4.69) is 29.0 Å². The number of fused-ring (bicyclic) bond motifs is 1. The molecule has 8 heteroatoms. The first kappa shape index (κ1) is 24.4. The van der Waals surface area contributed by atoms with Gasteiger partial charge in [0.2, 0.25) is 0 Å². The molecule has 0 bridgehead atoms. The van der Waals surface area contributed by atoms with Crippen molar-refractivity contribution in [3.05, 3.63) is 30.0 Å². The number of benzene rings is 1. The lowest BCUT2D eigenvalue weighted by Gasteiger charge is -2.35. The number of likely N-dealkylation sites (tertiary alicyclic amines) is 1. The molecule has 1 saturated heterocycles. The van der Waals surface area contributed by atoms with Crippen molar-refractivity contribution in [3.63, 3.8) is 0 Å². The smallest absolute Gasteiger partial charge is 0.270 e. The van der Waals surface area contributed by atoms with Gasteiger partial charge < -0.3 is 19.5 Å². The second kappa shape index (κ2) is 11.1. The predicted molar refractivity (Wildman–Crippen MR) is 130 cm³/mol. The molecule has 1 aromatic carbocycles. The zero-order valence-corrected chi connectivity index (χ0v) is 20.3. The molecule has 2 fully saturated rings. The third-order valence-electron chi connectivity index (χ3n) is 6.46. The Morgan fingerprint density at radius 3 is 2.71 bits per heavy atom. The van der Waals surface area contributed by atoms with E-state index in [1.165, 1.54) is 0 Å². The molecule has 1 saturated carbocycles. The molecular formula is C26H35N3O5. The summed E-state index contributed by atoms with van der Waals surface area (Å²) in [7, 11) is 1.61. The van der Waals surface area contributed by atoms with Gasteiger partial charge in [-0.3, -0.25) is 14.5 Å². The molecule has 1 aliphatic heterocycles. The largest absolute Gasteiger partial charge is 0.490 e. The fourth-order valence-electron chi connectivity index (χ4n) is 4.30. The Morgan fingerprint density at radius 2 is 1.97 bits per heavy atom. The van der Waals surface area contributed by atoms with Gasteiger partial charge in [-0.05, 0) is 58.2 Å². The normalized spacial score (nSPS) is 18.8. The summed E-state index contributed by atoms with van der Waals surface area (Å²) in [6.45, 7) is 7.00. The summed E-state index contributed by atoms with van der Waals surface area (Å²) in [5.74, 6) is 1.01. The number of methoxy groups -OCH3 is 1. The van der Waals surface area contributed by atoms with Crippen molar-refractivity contribution in [1.82, 2.24) is 15.2 Å². The molecule has 184 valence electrons. The van der Waals surface area contributed by atoms with Gasteiger partial charge in [0.05, 0.1) is 6.61 Å². The first-order valence-electron chi connectivity index (χ1n) is 12.2. The number of para-hydroxylation sites is 1. The monoisotopic (exact) mass is 469 g/mol. The summed E-state index contributed by atoms with van der Waals surface area (Å²) in [5, 5.41) is 3.88. The SMILES string of the molecule is COCCOc1cc(C(=O)N[C@@H]2CCCN(C(C)C)C2)nc2c(OCC(=O)C3CC3)cccc12. The lowest BCUT2D eigenvalue weighted by molar-refractivity contribution is -0.122. The van der Waals surface area contributed by atoms with Crippen molar-refractivity contribution in [2.24, 2.45) is 5.92 Å². The van der Waals surface area contributed by atoms with Gasteiger partial charge in [-0.2, -0.15) is 0 Å². The van der Waals surface area contributed by atoms with Crippen LogP contribution in [0.3, 0.4) is 0 Å². The maximum absolute atomic E-state index is 13.2. The summed E-state index contributed by atoms with van der Waals surface area (Å²) < 4.78 is 16.9. The minimum absolute atomic E-state index is 0.00879. The van der Waals surface area contributed by atoms with Crippen LogP contribution in [0, 0.1) is 5.92 Å². The molecule has 1 N–H and O–H groups in total. The number of nitrogens with zero attached hydrogens (tertiary/aromatic N) is 2. The van der Waals surface area contributed by atoms with Crippen molar-refractivity contribution < 1.29 is 23.8 Å². The molecule has 2 aliphatic rings. The van der Waals surface area contributed by atoms with Gasteiger partial charge in [0.15, 0.2) is 5.78 Å². The number of rotatable bonds is 11. The average molecular weight is 470 g/mol. The van der Waals surface area contributed by atoms with Crippen molar-refractivity contribution in [2.75, 3.05) is 40.0 Å². The lowest BCUT2D eigenvalue weighted by atomic mass is 10.0. The second-order valence-electron chi connectivity index (χ2n) is 9.43. The maximum Gasteiger partial charge on any atom is 0.270 e. The van der Waals surface area contributed by atoms with Gasteiger partial charge in [-0.1, -0.05) is 6.07 Å². The summed E-state index contributed by atoms with van der Waals surface area (Å²) in [6, 6.07) is 7.68. The van der Waals surface area contributed by atoms with Crippen LogP contribution in [0.15, 0.2) is 24.3 Å². The minimum atomic E-state index is -0.238. The number of pyridine rings is 1. The number of carbonyl (C=O) groups excluding carboxylic acids is 2. The maximum atomic E-state index is 13.2. The second-order valence-corrected chi connectivity index (χ2v) is 9.43. The molecule has 0 radical (unpaired) electrons. The fourth-order valence-corrected chi connectivity index (χ4v) is 4.30. The highest BCUT2D eigenvalue weighted by molar-refractivity contribution is 5.98. The van der Waals surface area contributed by atoms with Crippen molar-refractivity contribution in [3.8, 4) is 11.5 Å². The molecule has 1 aliphatic carbocycles. The first-order chi connectivity index (χ1) is 16.5. The third-order valence-corrected chi connectivity index (χ3v) is 6.46. The molecule has 2 heterocycles. The standard InChI is InChI=1S/C26H35N3O5/c1-17(2)29-11-5-6-19(15-29)27-26(31)21-14-24(33-13-12-32-3)20-7-4-8-23(25(20)28-21)34-16-22(30)18-9-10-18/h4,7-8,14,17-19H,5-6,9-13,15-16H2,1-3H3,(H,27,31)/t19-/m1/s1. The van der Waals surface area contributed by atoms with Crippen LogP contribution >= 0.6 is 0 Å². The number of carbonyl (C=O) groups is 2. The highest BCUT2D eigenvalue weighted by atomic mass is 16.5. The Bertz CT molecular complexity index is 1020. The van der Waals surface area contributed by atoms with E-state index in [0.717, 1.165) is 44.2 Å². The number of ether oxygens (including phenoxy) is 3. The third kappa shape index (κ3) is 6.04. The summed E-state index contributed by atoms with van der Waals surface area (Å²) >= 11 is 0. The van der Waals surface area contributed by atoms with Crippen LogP contribution in [0.5, 0.6) is 11.5 Å². The number of hydrogen-bond donors (Lipinski definition) is 1. The van der Waals surface area contributed by atoms with Crippen LogP contribution in [0.2, 0.25) is 0 Å². The van der Waals surface area contributed by atoms with E-state index in [1.807, 2.05) is 12.1 Å². The van der Waals surface area contributed by atoms with Crippen LogP contribution in [0.1, 0.15) is 50.0 Å². The molecular weight excluding hydrogens is 434 g/mol. The quantitative estimate of drug-likeness (QED) is 0.506. The van der Waals surface area contributed by atoms with Gasteiger partial charge in [0.25, 0.3) is 5.91 Å². The van der Waals surface area contributed by atoms with E-state index >= 15 is 0 Å². The van der Waals surface area contributed by atoms with Crippen LogP contribution in [-0.4, -0.2) is 73.7 Å². The van der Waals surface area contributed by atoms with E-state index in [9.17, 15) is 9.59 Å². The predicted octanol–water partition coefficient (Wildman–Crippen LogP) is 3.22. The fraction of sp³-hybridized carbons (Fsp3) is 0.577. The van der Waals surface area contributed by atoms with Crippen LogP contribution in [-0.2, 0) is 9.53 Å². The Balaban J connectivity index is 1.58. The van der Waals surface area contributed by atoms with Crippen LogP contribution in [0.25, 0.3) is 10.9 Å². The average Bonchev–Trinajstić information content (AvgIpc) is 3.68. The molecule has 1 atom stereocenters. The topological polar surface area (TPSA) is 90.0 Å². The summed E-state index contributed by atoms with van der Waals surface area (Å²) in [5.41, 5.74) is 0.782. The Labute approximate surface area is 200 Å². The minimum Gasteiger partial charge on any atom is -0.490 e. The van der Waals surface area contributed by atoms with Gasteiger partial charge in [0.1, 0.15) is 35.9 Å². The molecule has 1 amide bonds. The number of aromatic nitrogens is 1. The lowest BCUT2D eigenvalue weighted by Crippen LogP contribution is -2.49. The van der Waals surface area contributed by atoms with Crippen molar-refractivity contribution in [2.45, 2.75) is 51.6 Å². The Hall–Kier alpha value is -2.71. The zero-order chi connectivity index (χ0) is 24.1. The summed E-state index contributed by atoms with van der Waals surface area (Å²) in [6.07, 6.45) is 3.87. The zero-order valence-electron chi connectivity index (χ0n) is 20.3. The van der Waals surface area contributed by atoms with Gasteiger partial charge in [-0.15, -0.1) is 0 Å². The van der Waals surface area contributed by atoms with E-state index in [4.69, 9.17) is 14.2 Å². The van der Waals surface area contributed by atoms with E-state index in [-0.39, 0.29) is 36.0 Å². The Morgan fingerprint density at radius 1 is 1.15 bits per heavy atom. The summed E-state index contributed by atoms with van der Waals surface area (Å²) in [4.78, 5) is 32.4. The highest BCUT2D eigenvalue weighted by Crippen LogP contribution is 2.33. The molecule has 34 heavy (non-hydrogen) atoms. The number of ketones is 1. The van der Waals surface area contributed by atoms with Gasteiger partial charge in [-0.25, -0.2) is 4.98 Å². The van der Waals surface area contributed by atoms with E-state index in [1.54, 1.807) is 19.2 Å². The number of Topliss-reactive ketones (excluding diaryl/α,β-unsaturated/α-hetero) is 1. The molecule has 2 aromatic rings. The molecule has 8 nitrogen and oxygen atoms in total.